The molecule has 17 heavy (non-hydrogen) atoms. The molecule has 94 valence electrons. The zero-order valence-corrected chi connectivity index (χ0v) is 9.72. The molecule has 2 nitrogen and oxygen atoms in total. The summed E-state index contributed by atoms with van der Waals surface area (Å²) in [5.41, 5.74) is 0. The van der Waals surface area contributed by atoms with Gasteiger partial charge in [0.25, 0.3) is 0 Å². The molecule has 1 aromatic carbocycles. The Kier molecular flexibility index (Phi) is 4.31. The van der Waals surface area contributed by atoms with Crippen LogP contribution in [0.1, 0.15) is 25.7 Å². The molecule has 1 fully saturated rings. The van der Waals surface area contributed by atoms with Gasteiger partial charge >= 0.3 is 0 Å². The third-order valence-electron chi connectivity index (χ3n) is 2.75. The van der Waals surface area contributed by atoms with Crippen LogP contribution in [0.25, 0.3) is 0 Å². The Labute approximate surface area is 100.0 Å². The molecule has 4 heteroatoms. The molecular weight excluding hydrogens is 224 g/mol. The molecule has 0 heterocycles. The number of unbranched alkanes of at least 4 members (excludes halogenated alkanes) is 1. The van der Waals surface area contributed by atoms with E-state index in [4.69, 9.17) is 4.74 Å². The first-order valence-corrected chi connectivity index (χ1v) is 6.07. The van der Waals surface area contributed by atoms with Crippen molar-refractivity contribution in [2.45, 2.75) is 31.7 Å². The molecule has 1 aliphatic rings. The van der Waals surface area contributed by atoms with E-state index in [0.717, 1.165) is 19.4 Å². The summed E-state index contributed by atoms with van der Waals surface area (Å²) in [6.07, 6.45) is 4.31. The van der Waals surface area contributed by atoms with E-state index in [-0.39, 0.29) is 5.75 Å². The minimum Gasteiger partial charge on any atom is -0.488 e. The monoisotopic (exact) mass is 241 g/mol. The molecule has 0 amide bonds. The fourth-order valence-electron chi connectivity index (χ4n) is 1.62. The topological polar surface area (TPSA) is 21.3 Å². The Morgan fingerprint density at radius 2 is 1.88 bits per heavy atom. The molecule has 1 saturated carbocycles. The second-order valence-corrected chi connectivity index (χ2v) is 4.33. The summed E-state index contributed by atoms with van der Waals surface area (Å²) in [7, 11) is 0. The van der Waals surface area contributed by atoms with Gasteiger partial charge in [0, 0.05) is 6.04 Å². The molecule has 2 rings (SSSR count). The molecule has 0 radical (unpaired) electrons. The minimum absolute atomic E-state index is 0.261. The van der Waals surface area contributed by atoms with Gasteiger partial charge in [-0.1, -0.05) is 6.07 Å². The maximum Gasteiger partial charge on any atom is 0.190 e. The van der Waals surface area contributed by atoms with Gasteiger partial charge < -0.3 is 10.1 Å². The molecule has 1 aromatic rings. The molecular formula is C13H17F2NO. The van der Waals surface area contributed by atoms with Gasteiger partial charge in [0.15, 0.2) is 17.4 Å². The third kappa shape index (κ3) is 3.97. The van der Waals surface area contributed by atoms with E-state index in [1.54, 1.807) is 0 Å². The van der Waals surface area contributed by atoms with Crippen molar-refractivity contribution in [1.82, 2.24) is 5.32 Å². The van der Waals surface area contributed by atoms with Crippen LogP contribution in [0.4, 0.5) is 8.78 Å². The van der Waals surface area contributed by atoms with Gasteiger partial charge in [0.05, 0.1) is 6.61 Å². The van der Waals surface area contributed by atoms with Crippen LogP contribution in [-0.4, -0.2) is 19.2 Å². The largest absolute Gasteiger partial charge is 0.488 e. The predicted octanol–water partition coefficient (Wildman–Crippen LogP) is 2.88. The van der Waals surface area contributed by atoms with Gasteiger partial charge in [-0.2, -0.15) is 0 Å². The highest BCUT2D eigenvalue weighted by Crippen LogP contribution is 2.21. The van der Waals surface area contributed by atoms with Gasteiger partial charge in [-0.25, -0.2) is 8.78 Å². The van der Waals surface area contributed by atoms with Crippen molar-refractivity contribution >= 4 is 0 Å². The molecule has 0 saturated heterocycles. The fourth-order valence-corrected chi connectivity index (χ4v) is 1.62. The number of para-hydroxylation sites is 1. The lowest BCUT2D eigenvalue weighted by Gasteiger charge is -2.08. The Morgan fingerprint density at radius 3 is 2.53 bits per heavy atom. The lowest BCUT2D eigenvalue weighted by molar-refractivity contribution is 0.276. The second-order valence-electron chi connectivity index (χ2n) is 4.33. The van der Waals surface area contributed by atoms with Gasteiger partial charge in [0.2, 0.25) is 0 Å². The van der Waals surface area contributed by atoms with Crippen molar-refractivity contribution in [3.63, 3.8) is 0 Å². The Morgan fingerprint density at radius 1 is 1.18 bits per heavy atom. The zero-order valence-electron chi connectivity index (χ0n) is 9.72. The van der Waals surface area contributed by atoms with Crippen molar-refractivity contribution in [1.29, 1.82) is 0 Å². The summed E-state index contributed by atoms with van der Waals surface area (Å²) in [5, 5.41) is 3.37. The van der Waals surface area contributed by atoms with Crippen molar-refractivity contribution in [2.24, 2.45) is 0 Å². The quantitative estimate of drug-likeness (QED) is 0.741. The van der Waals surface area contributed by atoms with Gasteiger partial charge in [-0.05, 0) is 44.4 Å². The van der Waals surface area contributed by atoms with Crippen molar-refractivity contribution in [3.8, 4) is 5.75 Å². The molecule has 0 atom stereocenters. The summed E-state index contributed by atoms with van der Waals surface area (Å²) >= 11 is 0. The zero-order chi connectivity index (χ0) is 12.1. The lowest BCUT2D eigenvalue weighted by Crippen LogP contribution is -2.18. The summed E-state index contributed by atoms with van der Waals surface area (Å²) in [5.74, 6) is -1.54. The Bertz CT molecular complexity index is 346. The van der Waals surface area contributed by atoms with E-state index in [9.17, 15) is 8.78 Å². The number of hydrogen-bond acceptors (Lipinski definition) is 2. The SMILES string of the molecule is Fc1cccc(F)c1OCCCCNC1CC1. The Balaban J connectivity index is 1.63. The molecule has 1 aliphatic carbocycles. The number of rotatable bonds is 7. The number of hydrogen-bond donors (Lipinski definition) is 1. The third-order valence-corrected chi connectivity index (χ3v) is 2.75. The molecule has 0 aliphatic heterocycles. The highest BCUT2D eigenvalue weighted by Gasteiger charge is 2.19. The second kappa shape index (κ2) is 5.96. The van der Waals surface area contributed by atoms with Crippen LogP contribution in [0.15, 0.2) is 18.2 Å². The number of nitrogens with one attached hydrogen (secondary N) is 1. The average molecular weight is 241 g/mol. The van der Waals surface area contributed by atoms with Crippen molar-refractivity contribution < 1.29 is 13.5 Å². The van der Waals surface area contributed by atoms with Gasteiger partial charge in [-0.3, -0.25) is 0 Å². The van der Waals surface area contributed by atoms with Gasteiger partial charge in [0.1, 0.15) is 0 Å². The summed E-state index contributed by atoms with van der Waals surface area (Å²) in [4.78, 5) is 0. The Hall–Kier alpha value is -1.16. The molecule has 0 spiro atoms. The van der Waals surface area contributed by atoms with E-state index in [2.05, 4.69) is 5.32 Å². The van der Waals surface area contributed by atoms with Crippen LogP contribution in [0.2, 0.25) is 0 Å². The first-order valence-electron chi connectivity index (χ1n) is 6.07. The van der Waals surface area contributed by atoms with Crippen LogP contribution >= 0.6 is 0 Å². The van der Waals surface area contributed by atoms with Crippen LogP contribution in [0, 0.1) is 11.6 Å². The van der Waals surface area contributed by atoms with E-state index in [1.165, 1.54) is 31.0 Å². The first-order chi connectivity index (χ1) is 8.27. The van der Waals surface area contributed by atoms with Crippen LogP contribution < -0.4 is 10.1 Å². The summed E-state index contributed by atoms with van der Waals surface area (Å²) in [6.45, 7) is 1.30. The smallest absolute Gasteiger partial charge is 0.190 e. The van der Waals surface area contributed by atoms with Gasteiger partial charge in [-0.15, -0.1) is 0 Å². The van der Waals surface area contributed by atoms with E-state index >= 15 is 0 Å². The number of halogens is 2. The number of benzene rings is 1. The van der Waals surface area contributed by atoms with Crippen LogP contribution in [-0.2, 0) is 0 Å². The summed E-state index contributed by atoms with van der Waals surface area (Å²) in [6, 6.07) is 4.44. The minimum atomic E-state index is -0.638. The number of ether oxygens (including phenoxy) is 1. The van der Waals surface area contributed by atoms with Crippen LogP contribution in [0.5, 0.6) is 5.75 Å². The molecule has 0 unspecified atom stereocenters. The van der Waals surface area contributed by atoms with Crippen molar-refractivity contribution in [2.75, 3.05) is 13.2 Å². The standard InChI is InChI=1S/C13H17F2NO/c14-11-4-3-5-12(15)13(11)17-9-2-1-8-16-10-6-7-10/h3-5,10,16H,1-2,6-9H2. The van der Waals surface area contributed by atoms with Crippen molar-refractivity contribution in [3.05, 3.63) is 29.8 Å². The maximum absolute atomic E-state index is 13.2. The maximum atomic E-state index is 13.2. The summed E-state index contributed by atoms with van der Waals surface area (Å²) < 4.78 is 31.4. The average Bonchev–Trinajstić information content (AvgIpc) is 3.10. The highest BCUT2D eigenvalue weighted by atomic mass is 19.1. The fraction of sp³-hybridized carbons (Fsp3) is 0.538. The van der Waals surface area contributed by atoms with E-state index < -0.39 is 11.6 Å². The van der Waals surface area contributed by atoms with E-state index in [0.29, 0.717) is 12.6 Å². The first kappa shape index (κ1) is 12.3. The highest BCUT2D eigenvalue weighted by molar-refractivity contribution is 5.25. The molecule has 0 bridgehead atoms. The van der Waals surface area contributed by atoms with E-state index in [1.807, 2.05) is 0 Å². The molecule has 1 N–H and O–H groups in total. The lowest BCUT2D eigenvalue weighted by atomic mass is 10.3. The molecule has 0 aromatic heterocycles. The predicted molar refractivity (Wildman–Crippen MR) is 62.1 cm³/mol. The van der Waals surface area contributed by atoms with Crippen LogP contribution in [0.3, 0.4) is 0 Å². The normalized spacial score (nSPS) is 14.9.